The smallest absolute Gasteiger partial charge is 0.239 e. The summed E-state index contributed by atoms with van der Waals surface area (Å²) < 4.78 is 0. The standard InChI is InChI=1S/C13H24N3O2/c1-10(2)16-13(18)9-15-12(17)6-5-11-4-3-7-14-8-11/h10-11H,3-9H2,1-2H3,(H,15,17)(H,16,18). The molecule has 1 saturated heterocycles. The second-order valence-corrected chi connectivity index (χ2v) is 5.18. The van der Waals surface area contributed by atoms with E-state index in [4.69, 9.17) is 0 Å². The van der Waals surface area contributed by atoms with Crippen LogP contribution in [0.1, 0.15) is 39.5 Å². The van der Waals surface area contributed by atoms with Crippen molar-refractivity contribution in [1.82, 2.24) is 16.0 Å². The Labute approximate surface area is 109 Å². The third-order valence-electron chi connectivity index (χ3n) is 2.99. The maximum Gasteiger partial charge on any atom is 0.239 e. The predicted molar refractivity (Wildman–Crippen MR) is 70.1 cm³/mol. The molecule has 2 N–H and O–H groups in total. The van der Waals surface area contributed by atoms with Crippen LogP contribution in [0.15, 0.2) is 0 Å². The minimum atomic E-state index is -0.133. The van der Waals surface area contributed by atoms with Gasteiger partial charge in [-0.25, -0.2) is 5.32 Å². The molecule has 1 heterocycles. The Bertz CT molecular complexity index is 273. The molecule has 1 rings (SSSR count). The zero-order chi connectivity index (χ0) is 13.4. The van der Waals surface area contributed by atoms with Crippen LogP contribution in [-0.4, -0.2) is 37.5 Å². The minimum absolute atomic E-state index is 0.0421. The maximum absolute atomic E-state index is 11.6. The van der Waals surface area contributed by atoms with Gasteiger partial charge in [-0.05, 0) is 39.0 Å². The molecule has 2 amide bonds. The van der Waals surface area contributed by atoms with Crippen LogP contribution in [0.2, 0.25) is 0 Å². The van der Waals surface area contributed by atoms with E-state index in [1.165, 1.54) is 6.42 Å². The first kappa shape index (κ1) is 15.0. The summed E-state index contributed by atoms with van der Waals surface area (Å²) in [5.74, 6) is 0.375. The largest absolute Gasteiger partial charge is 0.352 e. The second kappa shape index (κ2) is 8.08. The first-order valence-corrected chi connectivity index (χ1v) is 6.77. The third kappa shape index (κ3) is 6.59. The van der Waals surface area contributed by atoms with Gasteiger partial charge in [0.05, 0.1) is 6.54 Å². The highest BCUT2D eigenvalue weighted by atomic mass is 16.2. The SMILES string of the molecule is CC(C)NC(=O)CNC(=O)CCC1CCC[N]C1. The molecule has 0 bridgehead atoms. The fourth-order valence-corrected chi connectivity index (χ4v) is 2.07. The summed E-state index contributed by atoms with van der Waals surface area (Å²) in [6.45, 7) is 5.73. The van der Waals surface area contributed by atoms with E-state index in [1.54, 1.807) is 0 Å². The highest BCUT2D eigenvalue weighted by Gasteiger charge is 2.15. The molecule has 1 unspecified atom stereocenters. The highest BCUT2D eigenvalue weighted by molar-refractivity contribution is 5.84. The van der Waals surface area contributed by atoms with E-state index in [9.17, 15) is 9.59 Å². The van der Waals surface area contributed by atoms with Gasteiger partial charge in [-0.15, -0.1) is 0 Å². The molecule has 0 aromatic rings. The molecule has 103 valence electrons. The van der Waals surface area contributed by atoms with Gasteiger partial charge in [-0.2, -0.15) is 0 Å². The monoisotopic (exact) mass is 254 g/mol. The lowest BCUT2D eigenvalue weighted by Gasteiger charge is -2.20. The van der Waals surface area contributed by atoms with E-state index in [-0.39, 0.29) is 24.4 Å². The molecule has 1 fully saturated rings. The van der Waals surface area contributed by atoms with Crippen LogP contribution in [0, 0.1) is 5.92 Å². The molecule has 5 heteroatoms. The lowest BCUT2D eigenvalue weighted by molar-refractivity contribution is -0.126. The van der Waals surface area contributed by atoms with Crippen LogP contribution in [0.5, 0.6) is 0 Å². The topological polar surface area (TPSA) is 72.3 Å². The summed E-state index contributed by atoms with van der Waals surface area (Å²) in [5.41, 5.74) is 0. The Balaban J connectivity index is 2.07. The van der Waals surface area contributed by atoms with Gasteiger partial charge >= 0.3 is 0 Å². The molecule has 5 nitrogen and oxygen atoms in total. The van der Waals surface area contributed by atoms with Crippen molar-refractivity contribution in [2.24, 2.45) is 5.92 Å². The molecule has 0 spiro atoms. The molecule has 1 aliphatic heterocycles. The number of amides is 2. The quantitative estimate of drug-likeness (QED) is 0.721. The minimum Gasteiger partial charge on any atom is -0.352 e. The molecular formula is C13H24N3O2. The van der Waals surface area contributed by atoms with Crippen molar-refractivity contribution < 1.29 is 9.59 Å². The van der Waals surface area contributed by atoms with Crippen molar-refractivity contribution in [2.45, 2.75) is 45.6 Å². The average Bonchev–Trinajstić information content (AvgIpc) is 2.34. The zero-order valence-electron chi connectivity index (χ0n) is 11.4. The lowest BCUT2D eigenvalue weighted by Crippen LogP contribution is -2.40. The van der Waals surface area contributed by atoms with Crippen LogP contribution in [0.4, 0.5) is 0 Å². The second-order valence-electron chi connectivity index (χ2n) is 5.18. The number of carbonyl (C=O) groups is 2. The molecule has 0 aromatic heterocycles. The van der Waals surface area contributed by atoms with E-state index >= 15 is 0 Å². The number of rotatable bonds is 6. The Kier molecular flexibility index (Phi) is 6.72. The molecule has 0 saturated carbocycles. The van der Waals surface area contributed by atoms with E-state index in [0.29, 0.717) is 12.3 Å². The lowest BCUT2D eigenvalue weighted by atomic mass is 9.94. The average molecular weight is 254 g/mol. The highest BCUT2D eigenvalue weighted by Crippen LogP contribution is 2.16. The van der Waals surface area contributed by atoms with Gasteiger partial charge in [0.1, 0.15) is 0 Å². The van der Waals surface area contributed by atoms with Gasteiger partial charge < -0.3 is 10.6 Å². The summed E-state index contributed by atoms with van der Waals surface area (Å²) in [7, 11) is 0. The number of carbonyl (C=O) groups excluding carboxylic acids is 2. The number of nitrogens with zero attached hydrogens (tertiary/aromatic N) is 1. The first-order valence-electron chi connectivity index (χ1n) is 6.77. The molecule has 1 atom stereocenters. The van der Waals surface area contributed by atoms with Gasteiger partial charge in [0, 0.05) is 25.6 Å². The summed E-state index contributed by atoms with van der Waals surface area (Å²) in [4.78, 5) is 22.9. The number of hydrogen-bond acceptors (Lipinski definition) is 2. The van der Waals surface area contributed by atoms with Gasteiger partial charge in [0.15, 0.2) is 0 Å². The van der Waals surface area contributed by atoms with Crippen molar-refractivity contribution >= 4 is 11.8 Å². The molecule has 0 aliphatic carbocycles. The summed E-state index contributed by atoms with van der Waals surface area (Å²) in [6, 6.07) is 0.109. The van der Waals surface area contributed by atoms with Crippen LogP contribution in [0.3, 0.4) is 0 Å². The fourth-order valence-electron chi connectivity index (χ4n) is 2.07. The van der Waals surface area contributed by atoms with Crippen LogP contribution < -0.4 is 16.0 Å². The van der Waals surface area contributed by atoms with Gasteiger partial charge in [0.2, 0.25) is 11.8 Å². The van der Waals surface area contributed by atoms with E-state index < -0.39 is 0 Å². The van der Waals surface area contributed by atoms with Crippen molar-refractivity contribution in [3.05, 3.63) is 0 Å². The Hall–Kier alpha value is -1.10. The number of hydrogen-bond donors (Lipinski definition) is 2. The first-order chi connectivity index (χ1) is 8.58. The summed E-state index contributed by atoms with van der Waals surface area (Å²) >= 11 is 0. The van der Waals surface area contributed by atoms with Gasteiger partial charge in [-0.3, -0.25) is 9.59 Å². The van der Waals surface area contributed by atoms with Crippen molar-refractivity contribution in [2.75, 3.05) is 19.6 Å². The summed E-state index contributed by atoms with van der Waals surface area (Å²) in [5, 5.41) is 9.73. The number of nitrogens with one attached hydrogen (secondary N) is 2. The van der Waals surface area contributed by atoms with E-state index in [2.05, 4.69) is 16.0 Å². The maximum atomic E-state index is 11.6. The van der Waals surface area contributed by atoms with Crippen molar-refractivity contribution in [3.8, 4) is 0 Å². The Morgan fingerprint density at radius 1 is 1.33 bits per heavy atom. The summed E-state index contributed by atoms with van der Waals surface area (Å²) in [6.07, 6.45) is 3.68. The third-order valence-corrected chi connectivity index (χ3v) is 2.99. The van der Waals surface area contributed by atoms with E-state index in [1.807, 2.05) is 13.8 Å². The van der Waals surface area contributed by atoms with Crippen LogP contribution in [-0.2, 0) is 9.59 Å². The van der Waals surface area contributed by atoms with Crippen molar-refractivity contribution in [1.29, 1.82) is 0 Å². The number of piperidine rings is 1. The van der Waals surface area contributed by atoms with Crippen molar-refractivity contribution in [3.63, 3.8) is 0 Å². The molecule has 18 heavy (non-hydrogen) atoms. The Morgan fingerprint density at radius 3 is 2.72 bits per heavy atom. The molecule has 0 aromatic carbocycles. The normalized spacial score (nSPS) is 19.6. The van der Waals surface area contributed by atoms with E-state index in [0.717, 1.165) is 25.9 Å². The van der Waals surface area contributed by atoms with Gasteiger partial charge in [-0.1, -0.05) is 0 Å². The van der Waals surface area contributed by atoms with Crippen LogP contribution in [0.25, 0.3) is 0 Å². The van der Waals surface area contributed by atoms with Crippen LogP contribution >= 0.6 is 0 Å². The fraction of sp³-hybridized carbons (Fsp3) is 0.846. The molecular weight excluding hydrogens is 230 g/mol. The van der Waals surface area contributed by atoms with Gasteiger partial charge in [0.25, 0.3) is 0 Å². The molecule has 1 radical (unpaired) electrons. The zero-order valence-corrected chi connectivity index (χ0v) is 11.4. The molecule has 1 aliphatic rings. The predicted octanol–water partition coefficient (Wildman–Crippen LogP) is 0.422. The Morgan fingerprint density at radius 2 is 2.11 bits per heavy atom.